The number of benzene rings is 1. The molecule has 1 aromatic heterocycles. The Bertz CT molecular complexity index is 433. The first kappa shape index (κ1) is 7.03. The van der Waals surface area contributed by atoms with Crippen LogP contribution in [-0.4, -0.2) is 11.3 Å². The van der Waals surface area contributed by atoms with Gasteiger partial charge in [0, 0.05) is 17.1 Å². The van der Waals surface area contributed by atoms with Gasteiger partial charge in [0.15, 0.2) is 6.29 Å². The summed E-state index contributed by atoms with van der Waals surface area (Å²) < 4.78 is 12.9. The van der Waals surface area contributed by atoms with Gasteiger partial charge in [0.05, 0.1) is 5.56 Å². The van der Waals surface area contributed by atoms with Crippen LogP contribution in [0.2, 0.25) is 0 Å². The molecule has 0 bridgehead atoms. The Kier molecular flexibility index (Phi) is 1.43. The number of carbonyl (C=O) groups is 1. The summed E-state index contributed by atoms with van der Waals surface area (Å²) in [7, 11) is 0. The summed E-state index contributed by atoms with van der Waals surface area (Å²) in [5.74, 6) is -0.486. The van der Waals surface area contributed by atoms with Gasteiger partial charge in [-0.05, 0) is 18.2 Å². The molecular formula is C9H6FNO. The fourth-order valence-corrected chi connectivity index (χ4v) is 1.18. The Hall–Kier alpha value is -1.64. The molecule has 2 nitrogen and oxygen atoms in total. The number of hydrogen-bond acceptors (Lipinski definition) is 1. The molecule has 1 aromatic carbocycles. The van der Waals surface area contributed by atoms with E-state index in [1.807, 2.05) is 0 Å². The highest BCUT2D eigenvalue weighted by Gasteiger charge is 2.03. The van der Waals surface area contributed by atoms with E-state index in [1.54, 1.807) is 12.3 Å². The molecule has 60 valence electrons. The number of H-pyrrole nitrogens is 1. The van der Waals surface area contributed by atoms with Crippen molar-refractivity contribution in [1.29, 1.82) is 0 Å². The average Bonchev–Trinajstić information content (AvgIpc) is 2.49. The van der Waals surface area contributed by atoms with E-state index in [4.69, 9.17) is 0 Å². The smallest absolute Gasteiger partial charge is 0.153 e. The molecule has 12 heavy (non-hydrogen) atoms. The zero-order valence-electron chi connectivity index (χ0n) is 6.17. The van der Waals surface area contributed by atoms with E-state index in [0.717, 1.165) is 5.39 Å². The largest absolute Gasteiger partial charge is 0.361 e. The van der Waals surface area contributed by atoms with E-state index in [2.05, 4.69) is 4.98 Å². The lowest BCUT2D eigenvalue weighted by Gasteiger charge is -1.94. The molecule has 0 saturated carbocycles. The third kappa shape index (κ3) is 0.906. The summed E-state index contributed by atoms with van der Waals surface area (Å²) in [6, 6.07) is 4.63. The first-order valence-corrected chi connectivity index (χ1v) is 3.53. The van der Waals surface area contributed by atoms with Crippen molar-refractivity contribution in [1.82, 2.24) is 4.98 Å². The summed E-state index contributed by atoms with van der Waals surface area (Å²) in [6.45, 7) is 0. The molecule has 1 heterocycles. The van der Waals surface area contributed by atoms with Gasteiger partial charge in [0.25, 0.3) is 0 Å². The highest BCUT2D eigenvalue weighted by Crippen LogP contribution is 2.16. The SMILES string of the molecule is O=Cc1cc2cc[nH]c2cc1F. The second-order valence-corrected chi connectivity index (χ2v) is 2.56. The summed E-state index contributed by atoms with van der Waals surface area (Å²) in [6.07, 6.45) is 2.22. The molecule has 2 rings (SSSR count). The van der Waals surface area contributed by atoms with Crippen LogP contribution in [0.3, 0.4) is 0 Å². The van der Waals surface area contributed by atoms with Crippen molar-refractivity contribution >= 4 is 17.2 Å². The van der Waals surface area contributed by atoms with E-state index in [1.165, 1.54) is 12.1 Å². The predicted molar refractivity (Wildman–Crippen MR) is 43.6 cm³/mol. The molecule has 0 radical (unpaired) electrons. The number of hydrogen-bond donors (Lipinski definition) is 1. The third-order valence-electron chi connectivity index (χ3n) is 1.80. The minimum Gasteiger partial charge on any atom is -0.361 e. The maximum absolute atomic E-state index is 12.9. The highest BCUT2D eigenvalue weighted by molar-refractivity contribution is 5.87. The number of aldehydes is 1. The van der Waals surface area contributed by atoms with Crippen LogP contribution < -0.4 is 0 Å². The molecule has 0 fully saturated rings. The summed E-state index contributed by atoms with van der Waals surface area (Å²) in [4.78, 5) is 13.2. The number of fused-ring (bicyclic) bond motifs is 1. The minimum atomic E-state index is -0.486. The molecule has 0 unspecified atom stereocenters. The van der Waals surface area contributed by atoms with E-state index in [0.29, 0.717) is 11.8 Å². The maximum atomic E-state index is 12.9. The van der Waals surface area contributed by atoms with Crippen LogP contribution in [0.1, 0.15) is 10.4 Å². The van der Waals surface area contributed by atoms with E-state index in [-0.39, 0.29) is 5.56 Å². The molecule has 0 aliphatic carbocycles. The molecule has 0 spiro atoms. The first-order chi connectivity index (χ1) is 5.81. The normalized spacial score (nSPS) is 10.4. The van der Waals surface area contributed by atoms with E-state index >= 15 is 0 Å². The molecule has 0 atom stereocenters. The van der Waals surface area contributed by atoms with Crippen molar-refractivity contribution in [2.75, 3.05) is 0 Å². The molecule has 0 saturated heterocycles. The predicted octanol–water partition coefficient (Wildman–Crippen LogP) is 2.12. The Morgan fingerprint density at radius 2 is 2.25 bits per heavy atom. The topological polar surface area (TPSA) is 32.9 Å². The van der Waals surface area contributed by atoms with Gasteiger partial charge in [-0.2, -0.15) is 0 Å². The Morgan fingerprint density at radius 1 is 1.42 bits per heavy atom. The van der Waals surface area contributed by atoms with Gasteiger partial charge >= 0.3 is 0 Å². The Labute approximate surface area is 68.0 Å². The number of nitrogens with one attached hydrogen (secondary N) is 1. The Balaban J connectivity index is 2.81. The summed E-state index contributed by atoms with van der Waals surface area (Å²) >= 11 is 0. The van der Waals surface area contributed by atoms with Gasteiger partial charge in [0.1, 0.15) is 5.82 Å². The quantitative estimate of drug-likeness (QED) is 0.641. The zero-order chi connectivity index (χ0) is 8.55. The fraction of sp³-hybridized carbons (Fsp3) is 0. The van der Waals surface area contributed by atoms with Crippen molar-refractivity contribution in [2.24, 2.45) is 0 Å². The molecule has 0 aliphatic rings. The van der Waals surface area contributed by atoms with Crippen molar-refractivity contribution in [3.8, 4) is 0 Å². The van der Waals surface area contributed by atoms with Gasteiger partial charge in [-0.3, -0.25) is 4.79 Å². The van der Waals surface area contributed by atoms with Crippen LogP contribution in [-0.2, 0) is 0 Å². The average molecular weight is 163 g/mol. The second kappa shape index (κ2) is 2.44. The monoisotopic (exact) mass is 163 g/mol. The zero-order valence-corrected chi connectivity index (χ0v) is 6.17. The summed E-state index contributed by atoms with van der Waals surface area (Å²) in [5, 5.41) is 0.846. The van der Waals surface area contributed by atoms with Crippen LogP contribution in [0.25, 0.3) is 10.9 Å². The lowest BCUT2D eigenvalue weighted by Crippen LogP contribution is -1.86. The Morgan fingerprint density at radius 3 is 3.00 bits per heavy atom. The molecular weight excluding hydrogens is 157 g/mol. The van der Waals surface area contributed by atoms with Crippen molar-refractivity contribution in [3.63, 3.8) is 0 Å². The standard InChI is InChI=1S/C9H6FNO/c10-8-4-9-6(1-2-11-9)3-7(8)5-12/h1-5,11H. The fourth-order valence-electron chi connectivity index (χ4n) is 1.18. The number of rotatable bonds is 1. The summed E-state index contributed by atoms with van der Waals surface area (Å²) in [5.41, 5.74) is 0.806. The van der Waals surface area contributed by atoms with Gasteiger partial charge in [-0.1, -0.05) is 0 Å². The number of halogens is 1. The van der Waals surface area contributed by atoms with Gasteiger partial charge in [-0.15, -0.1) is 0 Å². The van der Waals surface area contributed by atoms with E-state index < -0.39 is 5.82 Å². The molecule has 3 heteroatoms. The number of aromatic amines is 1. The van der Waals surface area contributed by atoms with Gasteiger partial charge in [-0.25, -0.2) is 4.39 Å². The maximum Gasteiger partial charge on any atom is 0.153 e. The van der Waals surface area contributed by atoms with Crippen LogP contribution in [0.15, 0.2) is 24.4 Å². The van der Waals surface area contributed by atoms with Gasteiger partial charge in [0.2, 0.25) is 0 Å². The highest BCUT2D eigenvalue weighted by atomic mass is 19.1. The molecule has 2 aromatic rings. The van der Waals surface area contributed by atoms with Crippen molar-refractivity contribution in [3.05, 3.63) is 35.8 Å². The second-order valence-electron chi connectivity index (χ2n) is 2.56. The number of carbonyl (C=O) groups excluding carboxylic acids is 1. The lowest BCUT2D eigenvalue weighted by atomic mass is 10.1. The first-order valence-electron chi connectivity index (χ1n) is 3.53. The van der Waals surface area contributed by atoms with Crippen molar-refractivity contribution < 1.29 is 9.18 Å². The third-order valence-corrected chi connectivity index (χ3v) is 1.80. The van der Waals surface area contributed by atoms with Crippen LogP contribution in [0.5, 0.6) is 0 Å². The van der Waals surface area contributed by atoms with Crippen LogP contribution >= 0.6 is 0 Å². The molecule has 1 N–H and O–H groups in total. The van der Waals surface area contributed by atoms with Crippen LogP contribution in [0, 0.1) is 5.82 Å². The van der Waals surface area contributed by atoms with Gasteiger partial charge < -0.3 is 4.98 Å². The molecule has 0 aliphatic heterocycles. The minimum absolute atomic E-state index is 0.0992. The van der Waals surface area contributed by atoms with E-state index in [9.17, 15) is 9.18 Å². The van der Waals surface area contributed by atoms with Crippen LogP contribution in [0.4, 0.5) is 4.39 Å². The number of aromatic nitrogens is 1. The van der Waals surface area contributed by atoms with Crippen molar-refractivity contribution in [2.45, 2.75) is 0 Å². The lowest BCUT2D eigenvalue weighted by molar-refractivity contribution is 0.112. The molecule has 0 amide bonds.